The maximum atomic E-state index is 13.2. The molecule has 1 saturated heterocycles. The number of nitrogens with zero attached hydrogens (tertiary/aromatic N) is 4. The molecule has 0 N–H and O–H groups in total. The molecule has 0 aliphatic carbocycles. The highest BCUT2D eigenvalue weighted by Gasteiger charge is 2.31. The van der Waals surface area contributed by atoms with Crippen molar-refractivity contribution in [2.75, 3.05) is 13.1 Å². The van der Waals surface area contributed by atoms with E-state index in [1.54, 1.807) is 22.6 Å². The van der Waals surface area contributed by atoms with E-state index in [-0.39, 0.29) is 6.04 Å². The van der Waals surface area contributed by atoms with Crippen LogP contribution in [0.15, 0.2) is 47.5 Å². The maximum Gasteiger partial charge on any atom is 0.243 e. The fourth-order valence-corrected chi connectivity index (χ4v) is 5.85. The van der Waals surface area contributed by atoms with Crippen molar-refractivity contribution in [3.63, 3.8) is 0 Å². The summed E-state index contributed by atoms with van der Waals surface area (Å²) in [5.41, 5.74) is 2.97. The van der Waals surface area contributed by atoms with E-state index in [2.05, 4.69) is 37.2 Å². The second-order valence-electron chi connectivity index (χ2n) is 9.20. The zero-order valence-electron chi connectivity index (χ0n) is 18.8. The summed E-state index contributed by atoms with van der Waals surface area (Å²) in [6.45, 7) is 9.61. The first-order chi connectivity index (χ1) is 14.8. The molecule has 1 aromatic carbocycles. The smallest absolute Gasteiger partial charge is 0.243 e. The molecule has 3 heterocycles. The molecule has 4 rings (SSSR count). The number of hydrogen-bond acceptors (Lipinski definition) is 4. The second kappa shape index (κ2) is 8.71. The Morgan fingerprint density at radius 2 is 1.71 bits per heavy atom. The summed E-state index contributed by atoms with van der Waals surface area (Å²) in [4.78, 5) is 9.81. The van der Waals surface area contributed by atoms with Gasteiger partial charge in [0.15, 0.2) is 5.65 Å². The number of rotatable bonds is 6. The minimum Gasteiger partial charge on any atom is -0.309 e. The Kier molecular flexibility index (Phi) is 6.17. The molecule has 7 heteroatoms. The van der Waals surface area contributed by atoms with Crippen LogP contribution in [0.1, 0.15) is 63.9 Å². The van der Waals surface area contributed by atoms with Crippen LogP contribution in [0.3, 0.4) is 0 Å². The average Bonchev–Trinajstić information content (AvgIpc) is 3.11. The summed E-state index contributed by atoms with van der Waals surface area (Å²) in [6, 6.07) is 11.5. The van der Waals surface area contributed by atoms with Crippen LogP contribution < -0.4 is 0 Å². The molecule has 1 aliphatic heterocycles. The SMILES string of the molecule is CC(C)Cc1nc2cccnc2n1C1CCN(S(=O)(=O)c2ccc(C(C)C)cc2)CC1. The van der Waals surface area contributed by atoms with Gasteiger partial charge in [0.2, 0.25) is 10.0 Å². The van der Waals surface area contributed by atoms with E-state index >= 15 is 0 Å². The van der Waals surface area contributed by atoms with Crippen molar-refractivity contribution in [3.05, 3.63) is 54.0 Å². The minimum absolute atomic E-state index is 0.211. The van der Waals surface area contributed by atoms with Crippen molar-refractivity contribution in [3.8, 4) is 0 Å². The predicted octanol–water partition coefficient (Wildman–Crippen LogP) is 4.78. The number of fused-ring (bicyclic) bond motifs is 1. The molecule has 0 unspecified atom stereocenters. The summed E-state index contributed by atoms with van der Waals surface area (Å²) < 4.78 is 30.2. The highest BCUT2D eigenvalue weighted by atomic mass is 32.2. The Balaban J connectivity index is 1.55. The van der Waals surface area contributed by atoms with Gasteiger partial charge >= 0.3 is 0 Å². The van der Waals surface area contributed by atoms with E-state index in [0.29, 0.717) is 29.8 Å². The van der Waals surface area contributed by atoms with Crippen LogP contribution in [0.4, 0.5) is 0 Å². The number of sulfonamides is 1. The van der Waals surface area contributed by atoms with Crippen molar-refractivity contribution in [1.82, 2.24) is 18.8 Å². The first-order valence-corrected chi connectivity index (χ1v) is 12.6. The number of benzene rings is 1. The molecule has 6 nitrogen and oxygen atoms in total. The Bertz CT molecular complexity index is 1140. The quantitative estimate of drug-likeness (QED) is 0.553. The van der Waals surface area contributed by atoms with Crippen molar-refractivity contribution in [2.24, 2.45) is 5.92 Å². The zero-order valence-corrected chi connectivity index (χ0v) is 19.6. The van der Waals surface area contributed by atoms with E-state index < -0.39 is 10.0 Å². The molecule has 31 heavy (non-hydrogen) atoms. The molecule has 1 aliphatic rings. The van der Waals surface area contributed by atoms with Crippen molar-refractivity contribution >= 4 is 21.2 Å². The van der Waals surface area contributed by atoms with Gasteiger partial charge < -0.3 is 4.57 Å². The van der Waals surface area contributed by atoms with Crippen LogP contribution in [-0.2, 0) is 16.4 Å². The normalized spacial score (nSPS) is 16.6. The Hall–Kier alpha value is -2.25. The van der Waals surface area contributed by atoms with E-state index in [1.165, 1.54) is 0 Å². The third kappa shape index (κ3) is 4.39. The lowest BCUT2D eigenvalue weighted by Gasteiger charge is -2.33. The molecule has 2 aromatic heterocycles. The molecule has 0 atom stereocenters. The third-order valence-electron chi connectivity index (χ3n) is 6.09. The molecule has 0 spiro atoms. The monoisotopic (exact) mass is 440 g/mol. The molecular weight excluding hydrogens is 408 g/mol. The molecule has 1 fully saturated rings. The molecule has 0 saturated carbocycles. The summed E-state index contributed by atoms with van der Waals surface area (Å²) >= 11 is 0. The van der Waals surface area contributed by atoms with Crippen LogP contribution in [0, 0.1) is 5.92 Å². The summed E-state index contributed by atoms with van der Waals surface area (Å²) in [7, 11) is -3.48. The predicted molar refractivity (Wildman–Crippen MR) is 124 cm³/mol. The Morgan fingerprint density at radius 3 is 2.32 bits per heavy atom. The lowest BCUT2D eigenvalue weighted by molar-refractivity contribution is 0.272. The number of hydrogen-bond donors (Lipinski definition) is 0. The summed E-state index contributed by atoms with van der Waals surface area (Å²) in [6.07, 6.45) is 4.21. The minimum atomic E-state index is -3.48. The number of piperidine rings is 1. The van der Waals surface area contributed by atoms with E-state index in [9.17, 15) is 8.42 Å². The van der Waals surface area contributed by atoms with Gasteiger partial charge in [-0.25, -0.2) is 18.4 Å². The van der Waals surface area contributed by atoms with E-state index in [1.807, 2.05) is 24.3 Å². The fourth-order valence-electron chi connectivity index (χ4n) is 4.38. The van der Waals surface area contributed by atoms with Gasteiger partial charge in [-0.15, -0.1) is 0 Å². The fraction of sp³-hybridized carbons (Fsp3) is 0.500. The lowest BCUT2D eigenvalue weighted by Crippen LogP contribution is -2.39. The van der Waals surface area contributed by atoms with Gasteiger partial charge in [-0.05, 0) is 54.5 Å². The average molecular weight is 441 g/mol. The first kappa shape index (κ1) is 22.0. The highest BCUT2D eigenvalue weighted by molar-refractivity contribution is 7.89. The van der Waals surface area contributed by atoms with Crippen LogP contribution >= 0.6 is 0 Å². The zero-order chi connectivity index (χ0) is 22.2. The highest BCUT2D eigenvalue weighted by Crippen LogP contribution is 2.31. The van der Waals surface area contributed by atoms with Gasteiger partial charge in [-0.2, -0.15) is 4.31 Å². The Labute approximate surface area is 185 Å². The van der Waals surface area contributed by atoms with Crippen LogP contribution in [0.5, 0.6) is 0 Å². The largest absolute Gasteiger partial charge is 0.309 e. The lowest BCUT2D eigenvalue weighted by atomic mass is 10.0. The topological polar surface area (TPSA) is 68.1 Å². The van der Waals surface area contributed by atoms with Gasteiger partial charge in [0.1, 0.15) is 11.3 Å². The van der Waals surface area contributed by atoms with Gasteiger partial charge in [-0.3, -0.25) is 0 Å². The maximum absolute atomic E-state index is 13.2. The summed E-state index contributed by atoms with van der Waals surface area (Å²) in [5, 5.41) is 0. The molecule has 0 radical (unpaired) electrons. The van der Waals surface area contributed by atoms with Crippen molar-refractivity contribution < 1.29 is 8.42 Å². The van der Waals surface area contributed by atoms with E-state index in [4.69, 9.17) is 4.98 Å². The van der Waals surface area contributed by atoms with Crippen LogP contribution in [0.2, 0.25) is 0 Å². The molecule has 3 aromatic rings. The van der Waals surface area contributed by atoms with Gasteiger partial charge in [-0.1, -0.05) is 39.8 Å². The second-order valence-corrected chi connectivity index (χ2v) is 11.1. The molecule has 0 bridgehead atoms. The van der Waals surface area contributed by atoms with Crippen LogP contribution in [0.25, 0.3) is 11.2 Å². The van der Waals surface area contributed by atoms with Crippen molar-refractivity contribution in [2.45, 2.75) is 63.8 Å². The number of pyridine rings is 1. The standard InChI is InChI=1S/C24H32N4O2S/c1-17(2)16-23-26-22-6-5-13-25-24(22)28(23)20-11-14-27(15-12-20)31(29,30)21-9-7-19(8-10-21)18(3)4/h5-10,13,17-18,20H,11-12,14-16H2,1-4H3. The van der Waals surface area contributed by atoms with Gasteiger partial charge in [0.25, 0.3) is 0 Å². The van der Waals surface area contributed by atoms with Crippen LogP contribution in [-0.4, -0.2) is 40.3 Å². The molecule has 166 valence electrons. The van der Waals surface area contributed by atoms with E-state index in [0.717, 1.165) is 41.8 Å². The van der Waals surface area contributed by atoms with Gasteiger partial charge in [0.05, 0.1) is 4.90 Å². The number of aromatic nitrogens is 3. The molecular formula is C24H32N4O2S. The first-order valence-electron chi connectivity index (χ1n) is 11.2. The van der Waals surface area contributed by atoms with Gasteiger partial charge in [0, 0.05) is 31.7 Å². The summed E-state index contributed by atoms with van der Waals surface area (Å²) in [5.74, 6) is 1.92. The Morgan fingerprint density at radius 1 is 1.03 bits per heavy atom. The third-order valence-corrected chi connectivity index (χ3v) is 8.00. The molecule has 0 amide bonds. The van der Waals surface area contributed by atoms with Crippen molar-refractivity contribution in [1.29, 1.82) is 0 Å². The number of imidazole rings is 1.